The Hall–Kier alpha value is -1.75. The molecule has 0 aromatic heterocycles. The summed E-state index contributed by atoms with van der Waals surface area (Å²) in [6.07, 6.45) is 3.00. The first-order valence-corrected chi connectivity index (χ1v) is 6.96. The standard InChI is InChI=1S/C15H22N2O3/c1-19-12-7-6-11(14(9-12)20-2)10-17-13-5-3-4-8-16-15(13)18/h6-7,9,13,17H,3-5,8,10H2,1-2H3,(H,16,18)/t13-/m0/s1. The third-order valence-electron chi connectivity index (χ3n) is 3.57. The molecule has 1 heterocycles. The molecule has 0 bridgehead atoms. The predicted molar refractivity (Wildman–Crippen MR) is 77.0 cm³/mol. The van der Waals surface area contributed by atoms with Crippen molar-refractivity contribution in [2.75, 3.05) is 20.8 Å². The number of rotatable bonds is 5. The Morgan fingerprint density at radius 2 is 2.15 bits per heavy atom. The van der Waals surface area contributed by atoms with Gasteiger partial charge in [0.2, 0.25) is 5.91 Å². The maximum absolute atomic E-state index is 11.9. The molecule has 1 saturated heterocycles. The van der Waals surface area contributed by atoms with Crippen molar-refractivity contribution in [2.45, 2.75) is 31.8 Å². The van der Waals surface area contributed by atoms with Crippen LogP contribution in [0.15, 0.2) is 18.2 Å². The van der Waals surface area contributed by atoms with Gasteiger partial charge in [-0.3, -0.25) is 4.79 Å². The summed E-state index contributed by atoms with van der Waals surface area (Å²) in [5.41, 5.74) is 1.02. The average molecular weight is 278 g/mol. The lowest BCUT2D eigenvalue weighted by molar-refractivity contribution is -0.122. The zero-order chi connectivity index (χ0) is 14.4. The van der Waals surface area contributed by atoms with Crippen LogP contribution in [0.1, 0.15) is 24.8 Å². The molecule has 1 atom stereocenters. The summed E-state index contributed by atoms with van der Waals surface area (Å²) in [6.45, 7) is 1.38. The number of methoxy groups -OCH3 is 2. The second kappa shape index (κ2) is 7.14. The molecule has 0 radical (unpaired) electrons. The summed E-state index contributed by atoms with van der Waals surface area (Å²) in [4.78, 5) is 11.9. The van der Waals surface area contributed by atoms with E-state index in [4.69, 9.17) is 9.47 Å². The van der Waals surface area contributed by atoms with Crippen molar-refractivity contribution in [3.8, 4) is 11.5 Å². The lowest BCUT2D eigenvalue weighted by Gasteiger charge is -2.17. The van der Waals surface area contributed by atoms with E-state index in [-0.39, 0.29) is 11.9 Å². The van der Waals surface area contributed by atoms with Gasteiger partial charge in [0.05, 0.1) is 20.3 Å². The molecule has 1 fully saturated rings. The van der Waals surface area contributed by atoms with E-state index in [1.54, 1.807) is 14.2 Å². The zero-order valence-electron chi connectivity index (χ0n) is 12.1. The lowest BCUT2D eigenvalue weighted by atomic mass is 10.1. The maximum atomic E-state index is 11.9. The van der Waals surface area contributed by atoms with Gasteiger partial charge in [0.1, 0.15) is 11.5 Å². The predicted octanol–water partition coefficient (Wildman–Crippen LogP) is 1.46. The fourth-order valence-electron chi connectivity index (χ4n) is 2.37. The Morgan fingerprint density at radius 3 is 2.90 bits per heavy atom. The normalized spacial score (nSPS) is 19.1. The van der Waals surface area contributed by atoms with E-state index in [1.165, 1.54) is 0 Å². The van der Waals surface area contributed by atoms with Crippen LogP contribution in [0.5, 0.6) is 11.5 Å². The number of carbonyl (C=O) groups excluding carboxylic acids is 1. The zero-order valence-corrected chi connectivity index (χ0v) is 12.1. The van der Waals surface area contributed by atoms with Gasteiger partial charge in [0, 0.05) is 24.7 Å². The second-order valence-corrected chi connectivity index (χ2v) is 4.90. The van der Waals surface area contributed by atoms with Gasteiger partial charge in [-0.2, -0.15) is 0 Å². The van der Waals surface area contributed by atoms with Crippen LogP contribution < -0.4 is 20.1 Å². The van der Waals surface area contributed by atoms with Crippen LogP contribution in [0.25, 0.3) is 0 Å². The van der Waals surface area contributed by atoms with Crippen LogP contribution in [0.3, 0.4) is 0 Å². The molecular weight excluding hydrogens is 256 g/mol. The number of benzene rings is 1. The van der Waals surface area contributed by atoms with Crippen molar-refractivity contribution in [2.24, 2.45) is 0 Å². The van der Waals surface area contributed by atoms with Crippen molar-refractivity contribution >= 4 is 5.91 Å². The molecule has 0 spiro atoms. The number of nitrogens with one attached hydrogen (secondary N) is 2. The van der Waals surface area contributed by atoms with Gasteiger partial charge in [-0.05, 0) is 25.3 Å². The molecule has 0 unspecified atom stereocenters. The van der Waals surface area contributed by atoms with Gasteiger partial charge in [-0.15, -0.1) is 0 Å². The highest BCUT2D eigenvalue weighted by molar-refractivity contribution is 5.81. The van der Waals surface area contributed by atoms with Crippen LogP contribution in [0.4, 0.5) is 0 Å². The summed E-state index contributed by atoms with van der Waals surface area (Å²) in [7, 11) is 3.26. The Kier molecular flexibility index (Phi) is 5.24. The average Bonchev–Trinajstić information content (AvgIpc) is 2.69. The smallest absolute Gasteiger partial charge is 0.237 e. The van der Waals surface area contributed by atoms with Crippen LogP contribution in [0.2, 0.25) is 0 Å². The monoisotopic (exact) mass is 278 g/mol. The van der Waals surface area contributed by atoms with Gasteiger partial charge in [0.15, 0.2) is 0 Å². The molecule has 5 heteroatoms. The van der Waals surface area contributed by atoms with E-state index in [0.717, 1.165) is 42.9 Å². The van der Waals surface area contributed by atoms with E-state index < -0.39 is 0 Å². The first kappa shape index (κ1) is 14.7. The first-order valence-electron chi connectivity index (χ1n) is 6.96. The van der Waals surface area contributed by atoms with Crippen molar-refractivity contribution in [3.05, 3.63) is 23.8 Å². The van der Waals surface area contributed by atoms with Gasteiger partial charge >= 0.3 is 0 Å². The molecule has 1 aliphatic rings. The molecular formula is C15H22N2O3. The number of carbonyl (C=O) groups is 1. The summed E-state index contributed by atoms with van der Waals surface area (Å²) in [6, 6.07) is 5.58. The quantitative estimate of drug-likeness (QED) is 0.856. The van der Waals surface area contributed by atoms with Crippen LogP contribution in [0, 0.1) is 0 Å². The van der Waals surface area contributed by atoms with Crippen molar-refractivity contribution < 1.29 is 14.3 Å². The minimum absolute atomic E-state index is 0.0926. The van der Waals surface area contributed by atoms with Crippen molar-refractivity contribution in [1.29, 1.82) is 0 Å². The fourth-order valence-corrected chi connectivity index (χ4v) is 2.37. The molecule has 1 aromatic rings. The Morgan fingerprint density at radius 1 is 1.30 bits per heavy atom. The van der Waals surface area contributed by atoms with Crippen molar-refractivity contribution in [1.82, 2.24) is 10.6 Å². The summed E-state index contributed by atoms with van der Waals surface area (Å²) in [5, 5.41) is 6.23. The number of hydrogen-bond donors (Lipinski definition) is 2. The Labute approximate surface area is 119 Å². The fraction of sp³-hybridized carbons (Fsp3) is 0.533. The lowest BCUT2D eigenvalue weighted by Crippen LogP contribution is -2.42. The van der Waals surface area contributed by atoms with Gasteiger partial charge < -0.3 is 20.1 Å². The highest BCUT2D eigenvalue weighted by Crippen LogP contribution is 2.24. The largest absolute Gasteiger partial charge is 0.497 e. The number of hydrogen-bond acceptors (Lipinski definition) is 4. The molecule has 0 saturated carbocycles. The topological polar surface area (TPSA) is 59.6 Å². The van der Waals surface area contributed by atoms with E-state index in [0.29, 0.717) is 6.54 Å². The minimum atomic E-state index is -0.121. The van der Waals surface area contributed by atoms with Crippen molar-refractivity contribution in [3.63, 3.8) is 0 Å². The molecule has 5 nitrogen and oxygen atoms in total. The molecule has 1 aromatic carbocycles. The van der Waals surface area contributed by atoms with Crippen LogP contribution >= 0.6 is 0 Å². The molecule has 20 heavy (non-hydrogen) atoms. The summed E-state index contributed by atoms with van der Waals surface area (Å²) in [5.74, 6) is 1.62. The summed E-state index contributed by atoms with van der Waals surface area (Å²) < 4.78 is 10.5. The minimum Gasteiger partial charge on any atom is -0.497 e. The molecule has 110 valence electrons. The van der Waals surface area contributed by atoms with E-state index in [9.17, 15) is 4.79 Å². The van der Waals surface area contributed by atoms with Crippen LogP contribution in [-0.4, -0.2) is 32.7 Å². The molecule has 1 amide bonds. The summed E-state index contributed by atoms with van der Waals surface area (Å²) >= 11 is 0. The van der Waals surface area contributed by atoms with Gasteiger partial charge in [-0.1, -0.05) is 6.07 Å². The molecule has 0 aliphatic carbocycles. The van der Waals surface area contributed by atoms with Gasteiger partial charge in [-0.25, -0.2) is 0 Å². The van der Waals surface area contributed by atoms with Gasteiger partial charge in [0.25, 0.3) is 0 Å². The number of amides is 1. The highest BCUT2D eigenvalue weighted by Gasteiger charge is 2.20. The third-order valence-corrected chi connectivity index (χ3v) is 3.57. The Balaban J connectivity index is 2.00. The third kappa shape index (κ3) is 3.63. The molecule has 1 aliphatic heterocycles. The van der Waals surface area contributed by atoms with E-state index in [2.05, 4.69) is 10.6 Å². The Bertz CT molecular complexity index is 462. The van der Waals surface area contributed by atoms with E-state index >= 15 is 0 Å². The van der Waals surface area contributed by atoms with E-state index in [1.807, 2.05) is 18.2 Å². The second-order valence-electron chi connectivity index (χ2n) is 4.90. The first-order chi connectivity index (χ1) is 9.74. The molecule has 2 N–H and O–H groups in total. The SMILES string of the molecule is COc1ccc(CN[C@H]2CCCCNC2=O)c(OC)c1. The number of ether oxygens (including phenoxy) is 2. The van der Waals surface area contributed by atoms with Crippen LogP contribution in [-0.2, 0) is 11.3 Å². The molecule has 2 rings (SSSR count). The highest BCUT2D eigenvalue weighted by atomic mass is 16.5. The maximum Gasteiger partial charge on any atom is 0.237 e.